The number of nitrogens with zero attached hydrogens (tertiary/aromatic N) is 1. The van der Waals surface area contributed by atoms with Gasteiger partial charge in [0.05, 0.1) is 5.69 Å². The summed E-state index contributed by atoms with van der Waals surface area (Å²) >= 11 is 0. The summed E-state index contributed by atoms with van der Waals surface area (Å²) in [5, 5.41) is 0. The van der Waals surface area contributed by atoms with E-state index in [0.29, 0.717) is 5.92 Å². The molecule has 1 aromatic rings. The topological polar surface area (TPSA) is 38.9 Å². The number of aryl methyl sites for hydroxylation is 2. The maximum atomic E-state index is 6.17. The van der Waals surface area contributed by atoms with Crippen LogP contribution in [0.25, 0.3) is 0 Å². The minimum Gasteiger partial charge on any atom is -0.322 e. The van der Waals surface area contributed by atoms with Crippen molar-refractivity contribution in [3.63, 3.8) is 0 Å². The molecular formula is C13H18N2. The highest BCUT2D eigenvalue weighted by molar-refractivity contribution is 5.27. The second-order valence-corrected chi connectivity index (χ2v) is 4.91. The molecule has 1 aromatic heterocycles. The first kappa shape index (κ1) is 9.34. The minimum atomic E-state index is 0.192. The zero-order chi connectivity index (χ0) is 10.3. The predicted molar refractivity (Wildman–Crippen MR) is 60.5 cm³/mol. The average molecular weight is 202 g/mol. The summed E-state index contributed by atoms with van der Waals surface area (Å²) in [6.45, 7) is 0. The Morgan fingerprint density at radius 2 is 2.00 bits per heavy atom. The van der Waals surface area contributed by atoms with Crippen molar-refractivity contribution < 1.29 is 0 Å². The second-order valence-electron chi connectivity index (χ2n) is 4.91. The molecule has 15 heavy (non-hydrogen) atoms. The molecule has 2 aliphatic rings. The molecule has 0 amide bonds. The zero-order valence-corrected chi connectivity index (χ0v) is 9.08. The Labute approximate surface area is 90.9 Å². The van der Waals surface area contributed by atoms with Crippen LogP contribution in [0.5, 0.6) is 0 Å². The van der Waals surface area contributed by atoms with Crippen molar-refractivity contribution in [1.82, 2.24) is 4.98 Å². The molecule has 2 heteroatoms. The molecule has 0 spiro atoms. The number of fused-ring (bicyclic) bond motifs is 1. The average Bonchev–Trinajstić information content (AvgIpc) is 3.11. The number of nitrogens with two attached hydrogens (primary N) is 1. The van der Waals surface area contributed by atoms with E-state index in [9.17, 15) is 0 Å². The fourth-order valence-corrected chi connectivity index (χ4v) is 2.48. The van der Waals surface area contributed by atoms with Gasteiger partial charge in [0, 0.05) is 11.7 Å². The van der Waals surface area contributed by atoms with Crippen LogP contribution < -0.4 is 5.73 Å². The summed E-state index contributed by atoms with van der Waals surface area (Å²) in [4.78, 5) is 4.75. The molecular weight excluding hydrogens is 184 g/mol. The third kappa shape index (κ3) is 1.78. The van der Waals surface area contributed by atoms with E-state index >= 15 is 0 Å². The molecule has 1 heterocycles. The van der Waals surface area contributed by atoms with Crippen molar-refractivity contribution in [2.75, 3.05) is 0 Å². The lowest BCUT2D eigenvalue weighted by molar-refractivity contribution is 0.598. The highest BCUT2D eigenvalue weighted by Crippen LogP contribution is 2.39. The van der Waals surface area contributed by atoms with E-state index in [1.54, 1.807) is 0 Å². The molecule has 2 aliphatic carbocycles. The molecule has 1 atom stereocenters. The first-order chi connectivity index (χ1) is 7.34. The fraction of sp³-hybridized carbons (Fsp3) is 0.615. The molecule has 0 radical (unpaired) electrons. The van der Waals surface area contributed by atoms with Gasteiger partial charge in [-0.3, -0.25) is 4.98 Å². The van der Waals surface area contributed by atoms with E-state index in [1.165, 1.54) is 43.4 Å². The molecule has 2 nitrogen and oxygen atoms in total. The van der Waals surface area contributed by atoms with Gasteiger partial charge in [-0.25, -0.2) is 0 Å². The smallest absolute Gasteiger partial charge is 0.0577 e. The summed E-state index contributed by atoms with van der Waals surface area (Å²) < 4.78 is 0. The van der Waals surface area contributed by atoms with Crippen LogP contribution >= 0.6 is 0 Å². The molecule has 0 aliphatic heterocycles. The summed E-state index contributed by atoms with van der Waals surface area (Å²) in [5.41, 5.74) is 10.1. The van der Waals surface area contributed by atoms with Gasteiger partial charge in [-0.15, -0.1) is 0 Å². The number of hydrogen-bond acceptors (Lipinski definition) is 2. The molecule has 0 bridgehead atoms. The zero-order valence-electron chi connectivity index (χ0n) is 9.08. The largest absolute Gasteiger partial charge is 0.322 e. The maximum absolute atomic E-state index is 6.17. The van der Waals surface area contributed by atoms with Gasteiger partial charge in [0.1, 0.15) is 0 Å². The van der Waals surface area contributed by atoms with Crippen LogP contribution in [0, 0.1) is 5.92 Å². The standard InChI is InChI=1S/C13H18N2/c14-13(10-5-6-10)12-8-7-9-3-1-2-4-11(9)15-12/h7-8,10,13H,1-6,14H2. The molecule has 1 saturated carbocycles. The maximum Gasteiger partial charge on any atom is 0.0577 e. The molecule has 0 saturated heterocycles. The van der Waals surface area contributed by atoms with E-state index in [1.807, 2.05) is 0 Å². The van der Waals surface area contributed by atoms with E-state index in [0.717, 1.165) is 12.1 Å². The summed E-state index contributed by atoms with van der Waals surface area (Å²) in [6, 6.07) is 4.59. The predicted octanol–water partition coefficient (Wildman–Crippen LogP) is 2.37. The Balaban J connectivity index is 1.89. The summed E-state index contributed by atoms with van der Waals surface area (Å²) in [6.07, 6.45) is 7.56. The highest BCUT2D eigenvalue weighted by atomic mass is 14.8. The van der Waals surface area contributed by atoms with Crippen molar-refractivity contribution in [3.8, 4) is 0 Å². The Morgan fingerprint density at radius 1 is 1.20 bits per heavy atom. The van der Waals surface area contributed by atoms with Gasteiger partial charge >= 0.3 is 0 Å². The Morgan fingerprint density at radius 3 is 2.80 bits per heavy atom. The monoisotopic (exact) mass is 202 g/mol. The number of pyridine rings is 1. The van der Waals surface area contributed by atoms with Gasteiger partial charge in [-0.2, -0.15) is 0 Å². The molecule has 1 fully saturated rings. The normalized spacial score (nSPS) is 22.2. The Hall–Kier alpha value is -0.890. The molecule has 3 rings (SSSR count). The third-order valence-electron chi connectivity index (χ3n) is 3.67. The molecule has 0 aromatic carbocycles. The Bertz CT molecular complexity index is 369. The molecule has 2 N–H and O–H groups in total. The number of aromatic nitrogens is 1. The summed E-state index contributed by atoms with van der Waals surface area (Å²) in [7, 11) is 0. The van der Waals surface area contributed by atoms with Gasteiger partial charge < -0.3 is 5.73 Å². The quantitative estimate of drug-likeness (QED) is 0.799. The van der Waals surface area contributed by atoms with Crippen LogP contribution in [0.1, 0.15) is 48.7 Å². The first-order valence-electron chi connectivity index (χ1n) is 6.09. The lowest BCUT2D eigenvalue weighted by atomic mass is 9.95. The van der Waals surface area contributed by atoms with Gasteiger partial charge in [-0.1, -0.05) is 6.07 Å². The SMILES string of the molecule is NC(c1ccc2c(n1)CCCC2)C1CC1. The van der Waals surface area contributed by atoms with Gasteiger partial charge in [0.2, 0.25) is 0 Å². The van der Waals surface area contributed by atoms with Crippen molar-refractivity contribution in [2.45, 2.75) is 44.6 Å². The lowest BCUT2D eigenvalue weighted by Gasteiger charge is -2.17. The van der Waals surface area contributed by atoms with E-state index in [-0.39, 0.29) is 6.04 Å². The van der Waals surface area contributed by atoms with Crippen LogP contribution in [0.4, 0.5) is 0 Å². The van der Waals surface area contributed by atoms with Crippen LogP contribution in [0.3, 0.4) is 0 Å². The highest BCUT2D eigenvalue weighted by Gasteiger charge is 2.30. The van der Waals surface area contributed by atoms with Crippen LogP contribution in [-0.4, -0.2) is 4.98 Å². The first-order valence-corrected chi connectivity index (χ1v) is 6.09. The minimum absolute atomic E-state index is 0.192. The summed E-state index contributed by atoms with van der Waals surface area (Å²) in [5.74, 6) is 0.708. The lowest BCUT2D eigenvalue weighted by Crippen LogP contribution is -2.16. The molecule has 80 valence electrons. The van der Waals surface area contributed by atoms with Crippen molar-refractivity contribution in [3.05, 3.63) is 29.1 Å². The van der Waals surface area contributed by atoms with E-state index in [4.69, 9.17) is 10.7 Å². The van der Waals surface area contributed by atoms with Gasteiger partial charge in [0.15, 0.2) is 0 Å². The van der Waals surface area contributed by atoms with Gasteiger partial charge in [-0.05, 0) is 56.1 Å². The van der Waals surface area contributed by atoms with E-state index < -0.39 is 0 Å². The van der Waals surface area contributed by atoms with E-state index in [2.05, 4.69) is 12.1 Å². The molecule has 1 unspecified atom stereocenters. The van der Waals surface area contributed by atoms with Crippen molar-refractivity contribution >= 4 is 0 Å². The second kappa shape index (κ2) is 3.60. The fourth-order valence-electron chi connectivity index (χ4n) is 2.48. The van der Waals surface area contributed by atoms with Crippen LogP contribution in [0.15, 0.2) is 12.1 Å². The number of rotatable bonds is 2. The number of hydrogen-bond donors (Lipinski definition) is 1. The van der Waals surface area contributed by atoms with Gasteiger partial charge in [0.25, 0.3) is 0 Å². The van der Waals surface area contributed by atoms with Crippen LogP contribution in [-0.2, 0) is 12.8 Å². The van der Waals surface area contributed by atoms with Crippen molar-refractivity contribution in [2.24, 2.45) is 11.7 Å². The Kier molecular flexibility index (Phi) is 2.24. The third-order valence-corrected chi connectivity index (χ3v) is 3.67. The van der Waals surface area contributed by atoms with Crippen LogP contribution in [0.2, 0.25) is 0 Å². The van der Waals surface area contributed by atoms with Crippen molar-refractivity contribution in [1.29, 1.82) is 0 Å².